The molecule has 3 heteroatoms. The largest absolute Gasteiger partial charge is 0.324 e. The van der Waals surface area contributed by atoms with Gasteiger partial charge in [-0.2, -0.15) is 0 Å². The summed E-state index contributed by atoms with van der Waals surface area (Å²) in [5, 5.41) is 0. The monoisotopic (exact) mass is 185 g/mol. The van der Waals surface area contributed by atoms with Crippen molar-refractivity contribution in [1.82, 2.24) is 0 Å². The van der Waals surface area contributed by atoms with Crippen molar-refractivity contribution in [2.24, 2.45) is 11.7 Å². The van der Waals surface area contributed by atoms with Gasteiger partial charge in [-0.1, -0.05) is 19.9 Å². The Hall–Kier alpha value is -0.960. The quantitative estimate of drug-likeness (QED) is 0.753. The van der Waals surface area contributed by atoms with Crippen molar-refractivity contribution < 1.29 is 8.78 Å². The standard InChI is InChI=1S/C10H13F2N/c1-6(2)10(13)9-7(11)4-3-5-8(9)12/h3-6,10H,13H2,1-2H3/t10-/m1/s1. The molecule has 0 aliphatic heterocycles. The van der Waals surface area contributed by atoms with E-state index in [-0.39, 0.29) is 11.5 Å². The summed E-state index contributed by atoms with van der Waals surface area (Å²) in [4.78, 5) is 0. The molecule has 72 valence electrons. The summed E-state index contributed by atoms with van der Waals surface area (Å²) >= 11 is 0. The highest BCUT2D eigenvalue weighted by Crippen LogP contribution is 2.24. The van der Waals surface area contributed by atoms with E-state index >= 15 is 0 Å². The molecule has 0 heterocycles. The fraction of sp³-hybridized carbons (Fsp3) is 0.400. The highest BCUT2D eigenvalue weighted by Gasteiger charge is 2.18. The van der Waals surface area contributed by atoms with Gasteiger partial charge in [0.2, 0.25) is 0 Å². The fourth-order valence-corrected chi connectivity index (χ4v) is 1.16. The summed E-state index contributed by atoms with van der Waals surface area (Å²) in [6.07, 6.45) is 0. The normalized spacial score (nSPS) is 13.4. The van der Waals surface area contributed by atoms with Crippen LogP contribution in [-0.2, 0) is 0 Å². The van der Waals surface area contributed by atoms with Crippen molar-refractivity contribution in [3.8, 4) is 0 Å². The van der Waals surface area contributed by atoms with Crippen molar-refractivity contribution in [2.45, 2.75) is 19.9 Å². The summed E-state index contributed by atoms with van der Waals surface area (Å²) in [6.45, 7) is 3.66. The molecule has 0 aliphatic rings. The number of nitrogens with two attached hydrogens (primary N) is 1. The average Bonchev–Trinajstić information content (AvgIpc) is 2.03. The molecule has 0 aliphatic carbocycles. The van der Waals surface area contributed by atoms with Crippen LogP contribution in [0, 0.1) is 17.6 Å². The van der Waals surface area contributed by atoms with Crippen LogP contribution < -0.4 is 5.73 Å². The minimum Gasteiger partial charge on any atom is -0.324 e. The molecule has 0 unspecified atom stereocenters. The molecule has 0 aromatic heterocycles. The minimum atomic E-state index is -0.582. The van der Waals surface area contributed by atoms with Crippen LogP contribution in [0.25, 0.3) is 0 Å². The molecular weight excluding hydrogens is 172 g/mol. The van der Waals surface area contributed by atoms with Crippen molar-refractivity contribution in [1.29, 1.82) is 0 Å². The second-order valence-electron chi connectivity index (χ2n) is 3.41. The van der Waals surface area contributed by atoms with Crippen LogP contribution in [-0.4, -0.2) is 0 Å². The molecule has 1 atom stereocenters. The maximum Gasteiger partial charge on any atom is 0.130 e. The first kappa shape index (κ1) is 10.1. The van der Waals surface area contributed by atoms with E-state index in [1.165, 1.54) is 18.2 Å². The van der Waals surface area contributed by atoms with Gasteiger partial charge in [-0.15, -0.1) is 0 Å². The predicted molar refractivity (Wildman–Crippen MR) is 48.1 cm³/mol. The second-order valence-corrected chi connectivity index (χ2v) is 3.41. The van der Waals surface area contributed by atoms with Crippen molar-refractivity contribution >= 4 is 0 Å². The zero-order valence-corrected chi connectivity index (χ0v) is 7.72. The Morgan fingerprint density at radius 1 is 1.15 bits per heavy atom. The molecule has 0 bridgehead atoms. The first-order chi connectivity index (χ1) is 6.04. The molecule has 1 aromatic carbocycles. The number of benzene rings is 1. The molecule has 0 radical (unpaired) electrons. The van der Waals surface area contributed by atoms with Crippen LogP contribution in [0.1, 0.15) is 25.5 Å². The van der Waals surface area contributed by atoms with Gasteiger partial charge in [0, 0.05) is 11.6 Å². The Morgan fingerprint density at radius 3 is 2.00 bits per heavy atom. The third kappa shape index (κ3) is 2.04. The first-order valence-electron chi connectivity index (χ1n) is 4.23. The average molecular weight is 185 g/mol. The predicted octanol–water partition coefficient (Wildman–Crippen LogP) is 2.62. The summed E-state index contributed by atoms with van der Waals surface area (Å²) in [7, 11) is 0. The van der Waals surface area contributed by atoms with Crippen molar-refractivity contribution in [3.05, 3.63) is 35.4 Å². The Kier molecular flexibility index (Phi) is 2.98. The van der Waals surface area contributed by atoms with E-state index in [2.05, 4.69) is 0 Å². The Bertz CT molecular complexity index is 277. The molecule has 0 fully saturated rings. The van der Waals surface area contributed by atoms with E-state index in [0.717, 1.165) is 0 Å². The molecule has 1 aromatic rings. The van der Waals surface area contributed by atoms with Gasteiger partial charge in [-0.05, 0) is 18.1 Å². The summed E-state index contributed by atoms with van der Waals surface area (Å²) < 4.78 is 26.3. The first-order valence-corrected chi connectivity index (χ1v) is 4.23. The summed E-state index contributed by atoms with van der Waals surface area (Å²) in [5.74, 6) is -1.12. The molecule has 0 saturated heterocycles. The zero-order valence-electron chi connectivity index (χ0n) is 7.72. The lowest BCUT2D eigenvalue weighted by atomic mass is 9.96. The Labute approximate surface area is 76.6 Å². The zero-order chi connectivity index (χ0) is 10.0. The van der Waals surface area contributed by atoms with Crippen LogP contribution in [0.2, 0.25) is 0 Å². The molecule has 1 nitrogen and oxygen atoms in total. The van der Waals surface area contributed by atoms with Crippen LogP contribution >= 0.6 is 0 Å². The van der Waals surface area contributed by atoms with Gasteiger partial charge in [-0.3, -0.25) is 0 Å². The van der Waals surface area contributed by atoms with Crippen LogP contribution in [0.3, 0.4) is 0 Å². The SMILES string of the molecule is CC(C)[C@@H](N)c1c(F)cccc1F. The molecular formula is C10H13F2N. The highest BCUT2D eigenvalue weighted by molar-refractivity contribution is 5.23. The fourth-order valence-electron chi connectivity index (χ4n) is 1.16. The summed E-state index contributed by atoms with van der Waals surface area (Å²) in [5.41, 5.74) is 5.64. The van der Waals surface area contributed by atoms with E-state index < -0.39 is 17.7 Å². The van der Waals surface area contributed by atoms with Gasteiger partial charge in [0.1, 0.15) is 11.6 Å². The Morgan fingerprint density at radius 2 is 1.62 bits per heavy atom. The molecule has 1 rings (SSSR count). The number of halogens is 2. The Balaban J connectivity index is 3.12. The van der Waals surface area contributed by atoms with E-state index in [9.17, 15) is 8.78 Å². The van der Waals surface area contributed by atoms with Crippen LogP contribution in [0.15, 0.2) is 18.2 Å². The van der Waals surface area contributed by atoms with Crippen LogP contribution in [0.5, 0.6) is 0 Å². The second kappa shape index (κ2) is 3.83. The smallest absolute Gasteiger partial charge is 0.130 e. The molecule has 13 heavy (non-hydrogen) atoms. The van der Waals surface area contributed by atoms with Gasteiger partial charge >= 0.3 is 0 Å². The lowest BCUT2D eigenvalue weighted by Gasteiger charge is -2.17. The third-order valence-corrected chi connectivity index (χ3v) is 2.05. The molecule has 0 saturated carbocycles. The third-order valence-electron chi connectivity index (χ3n) is 2.05. The van der Waals surface area contributed by atoms with Gasteiger partial charge in [-0.25, -0.2) is 8.78 Å². The van der Waals surface area contributed by atoms with E-state index in [0.29, 0.717) is 0 Å². The minimum absolute atomic E-state index is 0.0162. The van der Waals surface area contributed by atoms with Gasteiger partial charge in [0.05, 0.1) is 0 Å². The lowest BCUT2D eigenvalue weighted by molar-refractivity contribution is 0.454. The highest BCUT2D eigenvalue weighted by atomic mass is 19.1. The van der Waals surface area contributed by atoms with Crippen molar-refractivity contribution in [3.63, 3.8) is 0 Å². The topological polar surface area (TPSA) is 26.0 Å². The number of rotatable bonds is 2. The maximum absolute atomic E-state index is 13.1. The summed E-state index contributed by atoms with van der Waals surface area (Å²) in [6, 6.07) is 3.20. The van der Waals surface area contributed by atoms with Crippen LogP contribution in [0.4, 0.5) is 8.78 Å². The number of hydrogen-bond donors (Lipinski definition) is 1. The van der Waals surface area contributed by atoms with Gasteiger partial charge in [0.15, 0.2) is 0 Å². The lowest BCUT2D eigenvalue weighted by Crippen LogP contribution is -2.19. The van der Waals surface area contributed by atoms with Gasteiger partial charge < -0.3 is 5.73 Å². The van der Waals surface area contributed by atoms with E-state index in [1.807, 2.05) is 13.8 Å². The molecule has 0 spiro atoms. The van der Waals surface area contributed by atoms with Gasteiger partial charge in [0.25, 0.3) is 0 Å². The number of hydrogen-bond acceptors (Lipinski definition) is 1. The molecule has 2 N–H and O–H groups in total. The molecule has 0 amide bonds. The van der Waals surface area contributed by atoms with E-state index in [1.54, 1.807) is 0 Å². The van der Waals surface area contributed by atoms with E-state index in [4.69, 9.17) is 5.73 Å². The van der Waals surface area contributed by atoms with Crippen molar-refractivity contribution in [2.75, 3.05) is 0 Å². The maximum atomic E-state index is 13.1.